The molecule has 0 aromatic carbocycles. The number of hydrogen-bond acceptors (Lipinski definition) is 5. The normalized spacial score (nSPS) is 31.5. The van der Waals surface area contributed by atoms with E-state index in [4.69, 9.17) is 14.9 Å². The predicted octanol–water partition coefficient (Wildman–Crippen LogP) is -0.452. The minimum Gasteiger partial charge on any atom is -0.480 e. The van der Waals surface area contributed by atoms with Gasteiger partial charge in [-0.25, -0.2) is 13.6 Å². The molecule has 136 valence electrons. The van der Waals surface area contributed by atoms with Crippen molar-refractivity contribution in [1.82, 2.24) is 5.32 Å². The predicted molar refractivity (Wildman–Crippen MR) is 84.3 cm³/mol. The first kappa shape index (κ1) is 20.5. The minimum absolute atomic E-state index is 0.0413. The van der Waals surface area contributed by atoms with Crippen LogP contribution in [0.2, 0.25) is 0 Å². The maximum atomic E-state index is 11.0. The van der Waals surface area contributed by atoms with Gasteiger partial charge in [-0.3, -0.25) is 9.36 Å². The molecule has 1 aliphatic carbocycles. The lowest BCUT2D eigenvalue weighted by atomic mass is 9.70. The largest absolute Gasteiger partial charge is 0.480 e. The molecule has 6 N–H and O–H groups in total. The molecule has 2 aliphatic rings. The number of carboxylic acid groups (broad SMARTS) is 1. The van der Waals surface area contributed by atoms with Gasteiger partial charge < -0.3 is 20.2 Å². The summed E-state index contributed by atoms with van der Waals surface area (Å²) < 4.78 is 29.8. The number of primary sulfonamides is 1. The molecule has 4 unspecified atom stereocenters. The molecule has 1 aliphatic heterocycles. The molecule has 2 fully saturated rings. The van der Waals surface area contributed by atoms with E-state index in [9.17, 15) is 17.8 Å². The Morgan fingerprint density at radius 3 is 2.30 bits per heavy atom. The average molecular weight is 372 g/mol. The molecule has 0 spiro atoms. The highest BCUT2D eigenvalue weighted by Crippen LogP contribution is 2.45. The third kappa shape index (κ3) is 8.78. The van der Waals surface area contributed by atoms with Gasteiger partial charge in [-0.05, 0) is 50.0 Å². The second-order valence-corrected chi connectivity index (χ2v) is 9.76. The smallest absolute Gasteiger partial charge is 0.325 e. The van der Waals surface area contributed by atoms with E-state index in [2.05, 4.69) is 10.5 Å². The number of hydrogen-bond donors (Lipinski definition) is 5. The SMILES string of the molecule is CS(N)(=O)=O.O=C(O)C1CC2CC(CP(=O)(O)O)CCC2CN1. The molecule has 0 radical (unpaired) electrons. The van der Waals surface area contributed by atoms with Gasteiger partial charge in [0.1, 0.15) is 6.04 Å². The molecular weight excluding hydrogens is 347 g/mol. The van der Waals surface area contributed by atoms with Crippen molar-refractivity contribution in [2.75, 3.05) is 19.0 Å². The van der Waals surface area contributed by atoms with Crippen LogP contribution in [0.4, 0.5) is 0 Å². The van der Waals surface area contributed by atoms with Gasteiger partial charge in [-0.1, -0.05) is 0 Å². The Kier molecular flexibility index (Phi) is 7.18. The van der Waals surface area contributed by atoms with Gasteiger partial charge in [0, 0.05) is 0 Å². The lowest BCUT2D eigenvalue weighted by molar-refractivity contribution is -0.141. The van der Waals surface area contributed by atoms with Gasteiger partial charge in [0.2, 0.25) is 10.0 Å². The number of sulfonamides is 1. The summed E-state index contributed by atoms with van der Waals surface area (Å²) in [7, 11) is -7.11. The van der Waals surface area contributed by atoms with Crippen LogP contribution in [0.3, 0.4) is 0 Å². The highest BCUT2D eigenvalue weighted by atomic mass is 32.2. The highest BCUT2D eigenvalue weighted by Gasteiger charge is 2.38. The fourth-order valence-electron chi connectivity index (χ4n) is 3.35. The second kappa shape index (κ2) is 8.04. The van der Waals surface area contributed by atoms with Crippen LogP contribution >= 0.6 is 7.60 Å². The molecule has 0 bridgehead atoms. The number of nitrogens with one attached hydrogen (secondary N) is 1. The fourth-order valence-corrected chi connectivity index (χ4v) is 4.36. The van der Waals surface area contributed by atoms with Crippen LogP contribution in [0.25, 0.3) is 0 Å². The second-order valence-electron chi connectivity index (χ2n) is 6.41. The van der Waals surface area contributed by atoms with Crippen molar-refractivity contribution in [3.8, 4) is 0 Å². The van der Waals surface area contributed by atoms with Crippen molar-refractivity contribution in [3.63, 3.8) is 0 Å². The van der Waals surface area contributed by atoms with E-state index < -0.39 is 29.6 Å². The van der Waals surface area contributed by atoms with E-state index >= 15 is 0 Å². The Labute approximate surface area is 135 Å². The summed E-state index contributed by atoms with van der Waals surface area (Å²) in [6.07, 6.45) is 3.99. The van der Waals surface area contributed by atoms with Gasteiger partial charge in [0.25, 0.3) is 0 Å². The van der Waals surface area contributed by atoms with Crippen LogP contribution in [-0.2, 0) is 19.4 Å². The summed E-state index contributed by atoms with van der Waals surface area (Å²) in [5.74, 6) is -0.0311. The third-order valence-corrected chi connectivity index (χ3v) is 5.20. The molecule has 23 heavy (non-hydrogen) atoms. The maximum Gasteiger partial charge on any atom is 0.325 e. The topological polar surface area (TPSA) is 167 Å². The Morgan fingerprint density at radius 1 is 1.26 bits per heavy atom. The van der Waals surface area contributed by atoms with Crippen LogP contribution in [0, 0.1) is 17.8 Å². The molecule has 2 rings (SSSR count). The Morgan fingerprint density at radius 2 is 1.83 bits per heavy atom. The first-order valence-corrected chi connectivity index (χ1v) is 11.1. The summed E-state index contributed by atoms with van der Waals surface area (Å²) in [4.78, 5) is 29.0. The average Bonchev–Trinajstić information content (AvgIpc) is 2.33. The molecule has 0 aromatic rings. The first-order valence-electron chi connectivity index (χ1n) is 7.33. The van der Waals surface area contributed by atoms with Gasteiger partial charge in [0.05, 0.1) is 12.4 Å². The van der Waals surface area contributed by atoms with Crippen LogP contribution < -0.4 is 10.5 Å². The standard InChI is InChI=1S/C11H20NO5P.CH5NO2S/c13-11(14)10-4-9-3-7(6-18(15,16)17)1-2-8(9)5-12-10;1-5(2,3)4/h7-10,12H,1-6H2,(H,13,14)(H2,15,16,17);1H3,(H2,2,3,4). The number of piperidine rings is 1. The lowest BCUT2D eigenvalue weighted by Crippen LogP contribution is -2.49. The number of fused-ring (bicyclic) bond motifs is 1. The van der Waals surface area contributed by atoms with Crippen molar-refractivity contribution in [2.24, 2.45) is 22.9 Å². The van der Waals surface area contributed by atoms with Crippen LogP contribution in [-0.4, -0.2) is 54.3 Å². The Balaban J connectivity index is 0.000000463. The van der Waals surface area contributed by atoms with Crippen LogP contribution in [0.5, 0.6) is 0 Å². The molecule has 0 aromatic heterocycles. The zero-order valence-corrected chi connectivity index (χ0v) is 14.7. The number of aliphatic carboxylic acids is 1. The molecular formula is C12H25N2O7PS. The maximum absolute atomic E-state index is 11.0. The number of rotatable bonds is 3. The number of nitrogens with two attached hydrogens (primary N) is 1. The number of carboxylic acids is 1. The van der Waals surface area contributed by atoms with Crippen molar-refractivity contribution in [1.29, 1.82) is 0 Å². The van der Waals surface area contributed by atoms with Crippen molar-refractivity contribution < 1.29 is 32.7 Å². The minimum atomic E-state index is -3.95. The van der Waals surface area contributed by atoms with E-state index in [1.165, 1.54) is 0 Å². The number of carbonyl (C=O) groups is 1. The van der Waals surface area contributed by atoms with Gasteiger partial charge in [0.15, 0.2) is 0 Å². The third-order valence-electron chi connectivity index (χ3n) is 4.21. The first-order chi connectivity index (χ1) is 10.3. The van der Waals surface area contributed by atoms with Crippen molar-refractivity contribution in [2.45, 2.75) is 31.7 Å². The van der Waals surface area contributed by atoms with Crippen molar-refractivity contribution in [3.05, 3.63) is 0 Å². The zero-order valence-electron chi connectivity index (χ0n) is 13.0. The summed E-state index contributed by atoms with van der Waals surface area (Å²) in [5.41, 5.74) is 0. The Hall–Kier alpha value is -0.510. The van der Waals surface area contributed by atoms with E-state index in [-0.39, 0.29) is 18.0 Å². The molecule has 11 heteroatoms. The van der Waals surface area contributed by atoms with Gasteiger partial charge in [-0.2, -0.15) is 0 Å². The lowest BCUT2D eigenvalue weighted by Gasteiger charge is -2.41. The Bertz CT molecular complexity index is 554. The van der Waals surface area contributed by atoms with Crippen LogP contribution in [0.1, 0.15) is 25.7 Å². The summed E-state index contributed by atoms with van der Waals surface area (Å²) >= 11 is 0. The van der Waals surface area contributed by atoms with E-state index in [0.29, 0.717) is 18.9 Å². The molecule has 9 nitrogen and oxygen atoms in total. The van der Waals surface area contributed by atoms with Crippen LogP contribution in [0.15, 0.2) is 0 Å². The zero-order chi connectivity index (χ0) is 17.8. The van der Waals surface area contributed by atoms with E-state index in [1.54, 1.807) is 0 Å². The van der Waals surface area contributed by atoms with E-state index in [1.807, 2.05) is 0 Å². The molecule has 0 amide bonds. The summed E-state index contributed by atoms with van der Waals surface area (Å²) in [5, 5.41) is 16.3. The molecule has 1 saturated carbocycles. The monoisotopic (exact) mass is 372 g/mol. The molecule has 4 atom stereocenters. The highest BCUT2D eigenvalue weighted by molar-refractivity contribution is 7.88. The van der Waals surface area contributed by atoms with Gasteiger partial charge in [-0.15, -0.1) is 0 Å². The summed E-state index contributed by atoms with van der Waals surface area (Å²) in [6, 6.07) is -0.500. The molecule has 1 heterocycles. The van der Waals surface area contributed by atoms with E-state index in [0.717, 1.165) is 25.5 Å². The summed E-state index contributed by atoms with van der Waals surface area (Å²) in [6.45, 7) is 0.713. The van der Waals surface area contributed by atoms with Crippen molar-refractivity contribution >= 4 is 23.6 Å². The quantitative estimate of drug-likeness (QED) is 0.415. The van der Waals surface area contributed by atoms with Gasteiger partial charge >= 0.3 is 13.6 Å². The fraction of sp³-hybridized carbons (Fsp3) is 0.917. The molecule has 1 saturated heterocycles.